The van der Waals surface area contributed by atoms with Gasteiger partial charge in [-0.15, -0.1) is 0 Å². The number of morpholine rings is 1. The Morgan fingerprint density at radius 3 is 2.73 bits per heavy atom. The smallest absolute Gasteiger partial charge is 0.224 e. The van der Waals surface area contributed by atoms with Gasteiger partial charge in [0.1, 0.15) is 6.10 Å². The molecule has 1 aromatic rings. The molecule has 10 heteroatoms. The highest BCUT2D eigenvalue weighted by Gasteiger charge is 2.50. The number of aliphatic hydroxyl groups excluding tert-OH is 2. The van der Waals surface area contributed by atoms with Crippen molar-refractivity contribution in [2.24, 2.45) is 10.9 Å². The van der Waals surface area contributed by atoms with Gasteiger partial charge in [0.15, 0.2) is 5.17 Å². The van der Waals surface area contributed by atoms with Gasteiger partial charge in [-0.25, -0.2) is 0 Å². The van der Waals surface area contributed by atoms with E-state index in [1.165, 1.54) is 11.8 Å². The summed E-state index contributed by atoms with van der Waals surface area (Å²) in [7, 11) is 0. The van der Waals surface area contributed by atoms with Crippen LogP contribution in [0.3, 0.4) is 0 Å². The Bertz CT molecular complexity index is 775. The van der Waals surface area contributed by atoms with E-state index < -0.39 is 24.2 Å². The molecule has 0 unspecified atom stereocenters. The van der Waals surface area contributed by atoms with Gasteiger partial charge in [-0.3, -0.25) is 14.7 Å². The maximum Gasteiger partial charge on any atom is 0.224 e. The molecule has 0 bridgehead atoms. The van der Waals surface area contributed by atoms with Crippen molar-refractivity contribution in [2.75, 3.05) is 44.7 Å². The van der Waals surface area contributed by atoms with Gasteiger partial charge in [-0.1, -0.05) is 23.4 Å². The lowest BCUT2D eigenvalue weighted by molar-refractivity contribution is -0.129. The van der Waals surface area contributed by atoms with Crippen LogP contribution in [0.5, 0.6) is 0 Å². The molecular formula is C20H27ClN4O4S. The fourth-order valence-electron chi connectivity index (χ4n) is 4.06. The number of hydrogen-bond acceptors (Lipinski definition) is 8. The number of aliphatic imine (C=N–C) groups is 1. The molecule has 1 aromatic carbocycles. The zero-order valence-electron chi connectivity index (χ0n) is 16.5. The van der Waals surface area contributed by atoms with Gasteiger partial charge in [0, 0.05) is 42.1 Å². The Kier molecular flexibility index (Phi) is 7.17. The van der Waals surface area contributed by atoms with Crippen molar-refractivity contribution < 1.29 is 19.7 Å². The van der Waals surface area contributed by atoms with Crippen LogP contribution in [-0.4, -0.2) is 89.1 Å². The van der Waals surface area contributed by atoms with Crippen LogP contribution in [-0.2, 0) is 9.53 Å². The Labute approximate surface area is 185 Å². The highest BCUT2D eigenvalue weighted by molar-refractivity contribution is 8.15. The summed E-state index contributed by atoms with van der Waals surface area (Å²) in [6, 6.07) is 6.72. The van der Waals surface area contributed by atoms with E-state index in [9.17, 15) is 15.0 Å². The second-order valence-corrected chi connectivity index (χ2v) is 9.39. The first-order valence-electron chi connectivity index (χ1n) is 10.2. The van der Waals surface area contributed by atoms with Crippen molar-refractivity contribution in [3.63, 3.8) is 0 Å². The van der Waals surface area contributed by atoms with Gasteiger partial charge >= 0.3 is 0 Å². The minimum absolute atomic E-state index is 0.0975. The molecule has 0 radical (unpaired) electrons. The number of carbonyl (C=O) groups is 1. The first-order valence-corrected chi connectivity index (χ1v) is 11.5. The van der Waals surface area contributed by atoms with Crippen molar-refractivity contribution >= 4 is 40.1 Å². The number of amidine groups is 1. The van der Waals surface area contributed by atoms with Crippen LogP contribution >= 0.6 is 23.4 Å². The summed E-state index contributed by atoms with van der Waals surface area (Å²) < 4.78 is 5.34. The molecule has 1 saturated carbocycles. The molecule has 5 atom stereocenters. The lowest BCUT2D eigenvalue weighted by Gasteiger charge is -2.37. The van der Waals surface area contributed by atoms with Crippen molar-refractivity contribution in [1.82, 2.24) is 10.2 Å². The largest absolute Gasteiger partial charge is 0.390 e. The van der Waals surface area contributed by atoms with Gasteiger partial charge in [0.25, 0.3) is 0 Å². The Morgan fingerprint density at radius 2 is 2.00 bits per heavy atom. The third kappa shape index (κ3) is 5.09. The number of thioether (sulfide) groups is 1. The van der Waals surface area contributed by atoms with E-state index in [2.05, 4.69) is 20.5 Å². The topological polar surface area (TPSA) is 106 Å². The SMILES string of the molecule is O=C(NCCN1CCOCC1)[C@H]1C[C@@H](O)[C@H](O)[C@@H]2N=C(Nc3ccc(Cl)cc3)S[C@@H]21. The number of halogens is 1. The van der Waals surface area contributed by atoms with E-state index in [4.69, 9.17) is 16.3 Å². The van der Waals surface area contributed by atoms with E-state index >= 15 is 0 Å². The number of amides is 1. The summed E-state index contributed by atoms with van der Waals surface area (Å²) in [5.74, 6) is -0.518. The predicted octanol–water partition coefficient (Wildman–Crippen LogP) is 0.782. The lowest BCUT2D eigenvalue weighted by atomic mass is 9.81. The number of anilines is 1. The molecule has 0 aromatic heterocycles. The Morgan fingerprint density at radius 1 is 1.27 bits per heavy atom. The van der Waals surface area contributed by atoms with Crippen LogP contribution < -0.4 is 10.6 Å². The lowest BCUT2D eigenvalue weighted by Crippen LogP contribution is -2.54. The van der Waals surface area contributed by atoms with E-state index in [1.807, 2.05) is 12.1 Å². The van der Waals surface area contributed by atoms with E-state index in [1.54, 1.807) is 12.1 Å². The number of nitrogens with zero attached hydrogens (tertiary/aromatic N) is 2. The van der Waals surface area contributed by atoms with Gasteiger partial charge in [0.05, 0.1) is 31.3 Å². The van der Waals surface area contributed by atoms with Crippen LogP contribution in [0.4, 0.5) is 5.69 Å². The summed E-state index contributed by atoms with van der Waals surface area (Å²) >= 11 is 7.37. The summed E-state index contributed by atoms with van der Waals surface area (Å²) in [6.45, 7) is 4.51. The molecule has 2 heterocycles. The monoisotopic (exact) mass is 454 g/mol. The van der Waals surface area contributed by atoms with Crippen molar-refractivity contribution in [1.29, 1.82) is 0 Å². The summed E-state index contributed by atoms with van der Waals surface area (Å²) in [5, 5.41) is 28.0. The number of rotatable bonds is 5. The maximum absolute atomic E-state index is 12.9. The third-order valence-electron chi connectivity index (χ3n) is 5.75. The summed E-state index contributed by atoms with van der Waals surface area (Å²) in [4.78, 5) is 19.7. The molecule has 8 nitrogen and oxygen atoms in total. The molecule has 1 amide bonds. The second-order valence-electron chi connectivity index (χ2n) is 7.78. The minimum atomic E-state index is -0.982. The van der Waals surface area contributed by atoms with E-state index in [0.717, 1.165) is 38.5 Å². The Hall–Kier alpha value is -1.36. The van der Waals surface area contributed by atoms with Crippen LogP contribution in [0, 0.1) is 5.92 Å². The molecular weight excluding hydrogens is 428 g/mol. The predicted molar refractivity (Wildman–Crippen MR) is 118 cm³/mol. The normalized spacial score (nSPS) is 31.7. The zero-order chi connectivity index (χ0) is 21.1. The van der Waals surface area contributed by atoms with Crippen molar-refractivity contribution in [2.45, 2.75) is 29.9 Å². The molecule has 4 N–H and O–H groups in total. The van der Waals surface area contributed by atoms with Crippen LogP contribution in [0.2, 0.25) is 5.02 Å². The van der Waals surface area contributed by atoms with Gasteiger partial charge < -0.3 is 25.6 Å². The highest BCUT2D eigenvalue weighted by atomic mass is 35.5. The summed E-state index contributed by atoms with van der Waals surface area (Å²) in [6.07, 6.45) is -1.73. The molecule has 1 aliphatic carbocycles. The first-order chi connectivity index (χ1) is 14.5. The average molecular weight is 455 g/mol. The zero-order valence-corrected chi connectivity index (χ0v) is 18.1. The number of aliphatic hydroxyl groups is 2. The number of ether oxygens (including phenoxy) is 1. The molecule has 3 aliphatic rings. The minimum Gasteiger partial charge on any atom is -0.390 e. The van der Waals surface area contributed by atoms with E-state index in [0.29, 0.717) is 16.7 Å². The molecule has 30 heavy (non-hydrogen) atoms. The van der Waals surface area contributed by atoms with Crippen molar-refractivity contribution in [3.05, 3.63) is 29.3 Å². The number of hydrogen-bond donors (Lipinski definition) is 4. The molecule has 2 aliphatic heterocycles. The fraction of sp³-hybridized carbons (Fsp3) is 0.600. The molecule has 2 fully saturated rings. The third-order valence-corrected chi connectivity index (χ3v) is 7.31. The molecule has 0 spiro atoms. The summed E-state index contributed by atoms with van der Waals surface area (Å²) in [5.41, 5.74) is 0.825. The Balaban J connectivity index is 1.36. The number of benzene rings is 1. The quantitative estimate of drug-likeness (QED) is 0.521. The second kappa shape index (κ2) is 9.84. The average Bonchev–Trinajstić information content (AvgIpc) is 3.17. The standard InChI is InChI=1S/C20H27ClN4O4S/c21-12-1-3-13(4-2-12)23-20-24-16-17(27)15(26)11-14(18(16)30-20)19(28)22-5-6-25-7-9-29-10-8-25/h1-4,14-18,26-27H,5-11H2,(H,22,28)(H,23,24)/t14-,15+,16-,17-,18+/m0/s1. The van der Waals surface area contributed by atoms with Gasteiger partial charge in [0.2, 0.25) is 5.91 Å². The van der Waals surface area contributed by atoms with Crippen LogP contribution in [0.25, 0.3) is 0 Å². The van der Waals surface area contributed by atoms with Crippen LogP contribution in [0.1, 0.15) is 6.42 Å². The van der Waals surface area contributed by atoms with Crippen LogP contribution in [0.15, 0.2) is 29.3 Å². The van der Waals surface area contributed by atoms with E-state index in [-0.39, 0.29) is 17.6 Å². The number of nitrogens with one attached hydrogen (secondary N) is 2. The first kappa shape index (κ1) is 21.9. The number of carbonyl (C=O) groups excluding carboxylic acids is 1. The molecule has 1 saturated heterocycles. The highest BCUT2D eigenvalue weighted by Crippen LogP contribution is 2.41. The van der Waals surface area contributed by atoms with Gasteiger partial charge in [-0.2, -0.15) is 0 Å². The maximum atomic E-state index is 12.9. The fourth-order valence-corrected chi connectivity index (χ4v) is 5.56. The molecule has 164 valence electrons. The van der Waals surface area contributed by atoms with Crippen molar-refractivity contribution in [3.8, 4) is 0 Å². The van der Waals surface area contributed by atoms with Gasteiger partial charge in [-0.05, 0) is 30.7 Å². The molecule has 4 rings (SSSR count). The number of fused-ring (bicyclic) bond motifs is 1.